The van der Waals surface area contributed by atoms with Crippen molar-refractivity contribution in [3.05, 3.63) is 29.8 Å². The first-order valence-electron chi connectivity index (χ1n) is 9.16. The maximum atomic E-state index is 12.5. The lowest BCUT2D eigenvalue weighted by Gasteiger charge is -2.34. The number of benzene rings is 1. The van der Waals surface area contributed by atoms with Gasteiger partial charge >= 0.3 is 0 Å². The molecule has 1 aromatic heterocycles. The summed E-state index contributed by atoms with van der Waals surface area (Å²) < 4.78 is 5.69. The molecule has 0 unspecified atom stereocenters. The molecule has 1 saturated heterocycles. The van der Waals surface area contributed by atoms with E-state index >= 15 is 0 Å². The van der Waals surface area contributed by atoms with E-state index in [1.54, 1.807) is 19.0 Å². The fourth-order valence-electron chi connectivity index (χ4n) is 2.89. The number of nitrogens with zero attached hydrogens (tertiary/aromatic N) is 5. The Morgan fingerprint density at radius 1 is 1.14 bits per heavy atom. The van der Waals surface area contributed by atoms with E-state index in [4.69, 9.17) is 4.42 Å². The topological polar surface area (TPSA) is 82.8 Å². The van der Waals surface area contributed by atoms with Crippen LogP contribution < -0.4 is 0 Å². The number of carbonyl (C=O) groups is 2. The van der Waals surface area contributed by atoms with Crippen LogP contribution in [0.25, 0.3) is 11.5 Å². The lowest BCUT2D eigenvalue weighted by Crippen LogP contribution is -2.51. The SMILES string of the molecule is Cc1ccccc1-c1nnc(SCC(=O)N2CCN(CC(=O)N(C)C)CC2)o1. The Hall–Kier alpha value is -2.39. The number of rotatable bonds is 6. The number of aromatic nitrogens is 2. The van der Waals surface area contributed by atoms with Gasteiger partial charge in [0.25, 0.3) is 5.22 Å². The van der Waals surface area contributed by atoms with Crippen molar-refractivity contribution in [2.24, 2.45) is 0 Å². The minimum atomic E-state index is 0.0410. The van der Waals surface area contributed by atoms with Crippen LogP contribution in [-0.2, 0) is 9.59 Å². The highest BCUT2D eigenvalue weighted by atomic mass is 32.2. The maximum Gasteiger partial charge on any atom is 0.277 e. The molecule has 2 heterocycles. The van der Waals surface area contributed by atoms with Gasteiger partial charge < -0.3 is 14.2 Å². The predicted molar refractivity (Wildman–Crippen MR) is 107 cm³/mol. The highest BCUT2D eigenvalue weighted by molar-refractivity contribution is 7.99. The number of hydrogen-bond donors (Lipinski definition) is 0. The van der Waals surface area contributed by atoms with Gasteiger partial charge in [0.15, 0.2) is 0 Å². The Morgan fingerprint density at radius 3 is 2.54 bits per heavy atom. The molecule has 150 valence electrons. The summed E-state index contributed by atoms with van der Waals surface area (Å²) in [5.41, 5.74) is 1.96. The van der Waals surface area contributed by atoms with E-state index in [1.807, 2.05) is 36.1 Å². The van der Waals surface area contributed by atoms with E-state index in [-0.39, 0.29) is 17.6 Å². The van der Waals surface area contributed by atoms with E-state index < -0.39 is 0 Å². The summed E-state index contributed by atoms with van der Waals surface area (Å²) in [5.74, 6) is 0.842. The minimum Gasteiger partial charge on any atom is -0.411 e. The zero-order valence-corrected chi connectivity index (χ0v) is 17.2. The van der Waals surface area contributed by atoms with E-state index in [0.717, 1.165) is 11.1 Å². The number of aryl methyl sites for hydroxylation is 1. The zero-order valence-electron chi connectivity index (χ0n) is 16.4. The van der Waals surface area contributed by atoms with Gasteiger partial charge in [-0.15, -0.1) is 10.2 Å². The number of thioether (sulfide) groups is 1. The summed E-state index contributed by atoms with van der Waals surface area (Å²) in [7, 11) is 3.50. The molecule has 3 rings (SSSR count). The van der Waals surface area contributed by atoms with Gasteiger partial charge in [-0.2, -0.15) is 0 Å². The van der Waals surface area contributed by atoms with Gasteiger partial charge in [0.1, 0.15) is 0 Å². The smallest absolute Gasteiger partial charge is 0.277 e. The van der Waals surface area contributed by atoms with Crippen LogP contribution in [0.1, 0.15) is 5.56 Å². The summed E-state index contributed by atoms with van der Waals surface area (Å²) in [6.07, 6.45) is 0. The molecule has 0 N–H and O–H groups in total. The third kappa shape index (κ3) is 5.11. The predicted octanol–water partition coefficient (Wildman–Crippen LogP) is 1.37. The molecule has 1 fully saturated rings. The number of carbonyl (C=O) groups excluding carboxylic acids is 2. The molecular weight excluding hydrogens is 378 g/mol. The summed E-state index contributed by atoms with van der Waals surface area (Å²) in [6.45, 7) is 5.04. The number of amides is 2. The number of piperazine rings is 1. The van der Waals surface area contributed by atoms with Gasteiger partial charge in [0.2, 0.25) is 17.7 Å². The summed E-state index contributed by atoms with van der Waals surface area (Å²) in [4.78, 5) is 29.7. The largest absolute Gasteiger partial charge is 0.411 e. The van der Waals surface area contributed by atoms with Crippen LogP contribution in [0.15, 0.2) is 33.9 Å². The second-order valence-corrected chi connectivity index (χ2v) is 7.85. The first kappa shape index (κ1) is 20.3. The van der Waals surface area contributed by atoms with Crippen molar-refractivity contribution in [2.45, 2.75) is 12.1 Å². The molecule has 28 heavy (non-hydrogen) atoms. The molecule has 0 spiro atoms. The Balaban J connectivity index is 1.47. The Labute approximate surface area is 168 Å². The molecule has 2 aromatic rings. The van der Waals surface area contributed by atoms with Gasteiger partial charge in [-0.05, 0) is 18.6 Å². The molecular formula is C19H25N5O3S. The lowest BCUT2D eigenvalue weighted by atomic mass is 10.1. The van der Waals surface area contributed by atoms with Crippen molar-refractivity contribution >= 4 is 23.6 Å². The molecule has 1 aliphatic heterocycles. The summed E-state index contributed by atoms with van der Waals surface area (Å²) in [6, 6.07) is 7.80. The summed E-state index contributed by atoms with van der Waals surface area (Å²) in [5, 5.41) is 8.51. The molecule has 1 aromatic carbocycles. The van der Waals surface area contributed by atoms with Crippen LogP contribution in [0.3, 0.4) is 0 Å². The third-order valence-electron chi connectivity index (χ3n) is 4.68. The standard InChI is InChI=1S/C19H25N5O3S/c1-14-6-4-5-7-15(14)18-20-21-19(27-18)28-13-17(26)24-10-8-23(9-11-24)12-16(25)22(2)3/h4-7H,8-13H2,1-3H3. The van der Waals surface area contributed by atoms with Crippen LogP contribution in [0.2, 0.25) is 0 Å². The van der Waals surface area contributed by atoms with Crippen LogP contribution >= 0.6 is 11.8 Å². The second kappa shape index (κ2) is 9.20. The van der Waals surface area contributed by atoms with Gasteiger partial charge in [-0.3, -0.25) is 14.5 Å². The molecule has 0 bridgehead atoms. The fourth-order valence-corrected chi connectivity index (χ4v) is 3.56. The molecule has 0 radical (unpaired) electrons. The highest BCUT2D eigenvalue weighted by Crippen LogP contribution is 2.25. The molecule has 0 aliphatic carbocycles. The second-order valence-electron chi connectivity index (χ2n) is 6.92. The van der Waals surface area contributed by atoms with Crippen LogP contribution in [0.5, 0.6) is 0 Å². The monoisotopic (exact) mass is 403 g/mol. The maximum absolute atomic E-state index is 12.5. The van der Waals surface area contributed by atoms with Crippen molar-refractivity contribution < 1.29 is 14.0 Å². The number of likely N-dealkylation sites (N-methyl/N-ethyl adjacent to an activating group) is 1. The van der Waals surface area contributed by atoms with Gasteiger partial charge in [-0.25, -0.2) is 0 Å². The quantitative estimate of drug-likeness (QED) is 0.674. The van der Waals surface area contributed by atoms with Gasteiger partial charge in [0.05, 0.1) is 12.3 Å². The number of hydrogen-bond acceptors (Lipinski definition) is 7. The Bertz CT molecular complexity index is 830. The van der Waals surface area contributed by atoms with Crippen molar-refractivity contribution in [2.75, 3.05) is 52.6 Å². The molecule has 8 nitrogen and oxygen atoms in total. The molecule has 0 atom stereocenters. The normalized spacial score (nSPS) is 14.9. The van der Waals surface area contributed by atoms with Crippen LogP contribution in [0, 0.1) is 6.92 Å². The Morgan fingerprint density at radius 2 is 1.86 bits per heavy atom. The Kier molecular flexibility index (Phi) is 6.69. The molecule has 9 heteroatoms. The van der Waals surface area contributed by atoms with E-state index in [0.29, 0.717) is 43.8 Å². The van der Waals surface area contributed by atoms with E-state index in [1.165, 1.54) is 11.8 Å². The van der Waals surface area contributed by atoms with Crippen molar-refractivity contribution in [3.8, 4) is 11.5 Å². The van der Waals surface area contributed by atoms with Gasteiger partial charge in [0, 0.05) is 45.8 Å². The van der Waals surface area contributed by atoms with E-state index in [2.05, 4.69) is 15.1 Å². The fraction of sp³-hybridized carbons (Fsp3) is 0.474. The van der Waals surface area contributed by atoms with E-state index in [9.17, 15) is 9.59 Å². The average molecular weight is 404 g/mol. The highest BCUT2D eigenvalue weighted by Gasteiger charge is 2.23. The first-order valence-corrected chi connectivity index (χ1v) is 10.1. The third-order valence-corrected chi connectivity index (χ3v) is 5.49. The van der Waals surface area contributed by atoms with Gasteiger partial charge in [-0.1, -0.05) is 30.0 Å². The van der Waals surface area contributed by atoms with Crippen molar-refractivity contribution in [1.82, 2.24) is 24.9 Å². The minimum absolute atomic E-state index is 0.0410. The zero-order chi connectivity index (χ0) is 20.1. The van der Waals surface area contributed by atoms with Crippen LogP contribution in [-0.4, -0.2) is 89.3 Å². The lowest BCUT2D eigenvalue weighted by molar-refractivity contribution is -0.132. The average Bonchev–Trinajstić information content (AvgIpc) is 3.15. The van der Waals surface area contributed by atoms with Crippen molar-refractivity contribution in [3.63, 3.8) is 0 Å². The molecule has 0 saturated carbocycles. The van der Waals surface area contributed by atoms with Crippen molar-refractivity contribution in [1.29, 1.82) is 0 Å². The van der Waals surface area contributed by atoms with Crippen LogP contribution in [0.4, 0.5) is 0 Å². The molecule has 1 aliphatic rings. The summed E-state index contributed by atoms with van der Waals surface area (Å²) >= 11 is 1.25. The first-order chi connectivity index (χ1) is 13.4. The molecule has 2 amide bonds.